The Morgan fingerprint density at radius 3 is 1.61 bits per heavy atom. The summed E-state index contributed by atoms with van der Waals surface area (Å²) in [6.07, 6.45) is 0. The van der Waals surface area contributed by atoms with Gasteiger partial charge in [-0.15, -0.1) is 0 Å². The van der Waals surface area contributed by atoms with Gasteiger partial charge >= 0.3 is 0 Å². The first-order chi connectivity index (χ1) is 22.6. The summed E-state index contributed by atoms with van der Waals surface area (Å²) in [4.78, 5) is 12.5. The van der Waals surface area contributed by atoms with Crippen molar-refractivity contribution in [1.82, 2.24) is 9.97 Å². The van der Waals surface area contributed by atoms with E-state index in [1.807, 2.05) is 12.1 Å². The zero-order chi connectivity index (χ0) is 31.1. The topological polar surface area (TPSA) is 29.0 Å². The third kappa shape index (κ3) is 4.87. The van der Waals surface area contributed by atoms with Gasteiger partial charge in [0, 0.05) is 27.8 Å². The Bertz CT molecular complexity index is 2110. The van der Waals surface area contributed by atoms with Crippen molar-refractivity contribution in [3.05, 3.63) is 175 Å². The van der Waals surface area contributed by atoms with Gasteiger partial charge in [0.05, 0.1) is 22.8 Å². The minimum absolute atomic E-state index is 0.178. The molecule has 46 heavy (non-hydrogen) atoms. The van der Waals surface area contributed by atoms with Crippen LogP contribution in [0, 0.1) is 0 Å². The third-order valence-corrected chi connectivity index (χ3v) is 9.06. The van der Waals surface area contributed by atoms with Crippen LogP contribution >= 0.6 is 0 Å². The third-order valence-electron chi connectivity index (χ3n) is 9.06. The SMILES string of the molecule is CC1(C)c2ccccc2N(c2ccccc2)c2ccc(-c3cccc(-c4nc(-c5ccccc5)cc(-c5ccccc5)n4)c3)cc21. The second-order valence-corrected chi connectivity index (χ2v) is 12.3. The Labute approximate surface area is 270 Å². The Morgan fingerprint density at radius 1 is 0.413 bits per heavy atom. The predicted molar refractivity (Wildman–Crippen MR) is 191 cm³/mol. The van der Waals surface area contributed by atoms with E-state index in [1.165, 1.54) is 28.1 Å². The van der Waals surface area contributed by atoms with Crippen molar-refractivity contribution in [1.29, 1.82) is 0 Å². The van der Waals surface area contributed by atoms with Gasteiger partial charge in [-0.3, -0.25) is 0 Å². The summed E-state index contributed by atoms with van der Waals surface area (Å²) in [5.41, 5.74) is 13.3. The van der Waals surface area contributed by atoms with Gasteiger partial charge in [-0.2, -0.15) is 0 Å². The Hall–Kier alpha value is -5.80. The van der Waals surface area contributed by atoms with Crippen LogP contribution < -0.4 is 4.90 Å². The van der Waals surface area contributed by atoms with Gasteiger partial charge in [-0.25, -0.2) is 9.97 Å². The Kier molecular flexibility index (Phi) is 6.80. The van der Waals surface area contributed by atoms with Crippen molar-refractivity contribution in [3.63, 3.8) is 0 Å². The van der Waals surface area contributed by atoms with Gasteiger partial charge < -0.3 is 4.90 Å². The maximum absolute atomic E-state index is 5.08. The van der Waals surface area contributed by atoms with Crippen molar-refractivity contribution in [2.24, 2.45) is 0 Å². The largest absolute Gasteiger partial charge is 0.310 e. The van der Waals surface area contributed by atoms with Crippen LogP contribution in [-0.2, 0) is 5.41 Å². The average Bonchev–Trinajstić information content (AvgIpc) is 3.13. The number of rotatable bonds is 5. The zero-order valence-electron chi connectivity index (χ0n) is 25.9. The second kappa shape index (κ2) is 11.3. The Balaban J connectivity index is 1.25. The molecule has 8 rings (SSSR count). The summed E-state index contributed by atoms with van der Waals surface area (Å²) < 4.78 is 0. The van der Waals surface area contributed by atoms with E-state index >= 15 is 0 Å². The summed E-state index contributed by atoms with van der Waals surface area (Å²) in [6.45, 7) is 4.67. The lowest BCUT2D eigenvalue weighted by atomic mass is 9.73. The quantitative estimate of drug-likeness (QED) is 0.199. The molecule has 6 aromatic carbocycles. The molecule has 0 bridgehead atoms. The standard InChI is InChI=1S/C43H33N3/c1-43(2)36-23-12-13-24-40(36)46(35-21-10-5-11-22-35)41-26-25-33(28-37(41)43)32-19-14-20-34(27-32)42-44-38(30-15-6-3-7-16-30)29-39(45-42)31-17-8-4-9-18-31/h3-29H,1-2H3. The zero-order valence-corrected chi connectivity index (χ0v) is 25.9. The normalized spacial score (nSPS) is 13.1. The number of para-hydroxylation sites is 2. The maximum Gasteiger partial charge on any atom is 0.160 e. The predicted octanol–water partition coefficient (Wildman–Crippen LogP) is 11.3. The van der Waals surface area contributed by atoms with Crippen LogP contribution in [0.1, 0.15) is 25.0 Å². The molecule has 3 nitrogen and oxygen atoms in total. The molecule has 0 unspecified atom stereocenters. The van der Waals surface area contributed by atoms with Crippen LogP contribution in [0.4, 0.5) is 17.1 Å². The molecule has 0 amide bonds. The van der Waals surface area contributed by atoms with Crippen LogP contribution in [0.15, 0.2) is 164 Å². The van der Waals surface area contributed by atoms with Gasteiger partial charge in [-0.1, -0.05) is 135 Å². The van der Waals surface area contributed by atoms with Crippen molar-refractivity contribution in [2.45, 2.75) is 19.3 Å². The molecule has 1 aliphatic rings. The van der Waals surface area contributed by atoms with Gasteiger partial charge in [-0.05, 0) is 64.7 Å². The molecule has 220 valence electrons. The maximum atomic E-state index is 5.08. The molecule has 0 radical (unpaired) electrons. The van der Waals surface area contributed by atoms with Crippen molar-refractivity contribution < 1.29 is 0 Å². The molecule has 0 saturated heterocycles. The fraction of sp³-hybridized carbons (Fsp3) is 0.0698. The molecule has 0 aliphatic carbocycles. The smallest absolute Gasteiger partial charge is 0.160 e. The molecular weight excluding hydrogens is 558 g/mol. The summed E-state index contributed by atoms with van der Waals surface area (Å²) >= 11 is 0. The van der Waals surface area contributed by atoms with Crippen molar-refractivity contribution in [3.8, 4) is 45.0 Å². The first-order valence-electron chi connectivity index (χ1n) is 15.8. The van der Waals surface area contributed by atoms with Gasteiger partial charge in [0.15, 0.2) is 5.82 Å². The van der Waals surface area contributed by atoms with Crippen LogP contribution in [0.5, 0.6) is 0 Å². The van der Waals surface area contributed by atoms with E-state index in [0.29, 0.717) is 5.82 Å². The van der Waals surface area contributed by atoms with E-state index in [9.17, 15) is 0 Å². The summed E-state index contributed by atoms with van der Waals surface area (Å²) in [6, 6.07) is 57.7. The summed E-state index contributed by atoms with van der Waals surface area (Å²) in [5.74, 6) is 0.713. The van der Waals surface area contributed by atoms with E-state index in [0.717, 1.165) is 39.3 Å². The number of benzene rings is 6. The van der Waals surface area contributed by atoms with Gasteiger partial charge in [0.2, 0.25) is 0 Å². The van der Waals surface area contributed by atoms with Crippen molar-refractivity contribution >= 4 is 17.1 Å². The van der Waals surface area contributed by atoms with E-state index in [4.69, 9.17) is 9.97 Å². The first kappa shape index (κ1) is 27.7. The number of aromatic nitrogens is 2. The van der Waals surface area contributed by atoms with Crippen LogP contribution in [0.2, 0.25) is 0 Å². The van der Waals surface area contributed by atoms with Crippen LogP contribution in [-0.4, -0.2) is 9.97 Å². The van der Waals surface area contributed by atoms with Crippen LogP contribution in [0.3, 0.4) is 0 Å². The second-order valence-electron chi connectivity index (χ2n) is 12.3. The van der Waals surface area contributed by atoms with Crippen molar-refractivity contribution in [2.75, 3.05) is 4.90 Å². The lowest BCUT2D eigenvalue weighted by molar-refractivity contribution is 0.632. The van der Waals surface area contributed by atoms with Crippen LogP contribution in [0.25, 0.3) is 45.0 Å². The molecule has 0 atom stereocenters. The Morgan fingerprint density at radius 2 is 0.935 bits per heavy atom. The molecule has 7 aromatic rings. The highest BCUT2D eigenvalue weighted by Gasteiger charge is 2.36. The number of anilines is 3. The number of fused-ring (bicyclic) bond motifs is 2. The lowest BCUT2D eigenvalue weighted by Gasteiger charge is -2.42. The number of nitrogens with zero attached hydrogens (tertiary/aromatic N) is 3. The fourth-order valence-corrected chi connectivity index (χ4v) is 6.67. The number of hydrogen-bond donors (Lipinski definition) is 0. The number of hydrogen-bond acceptors (Lipinski definition) is 3. The highest BCUT2D eigenvalue weighted by atomic mass is 15.2. The molecule has 0 fully saturated rings. The molecule has 0 N–H and O–H groups in total. The van der Waals surface area contributed by atoms with E-state index < -0.39 is 0 Å². The minimum Gasteiger partial charge on any atom is -0.310 e. The minimum atomic E-state index is -0.178. The lowest BCUT2D eigenvalue weighted by Crippen LogP contribution is -2.30. The summed E-state index contributed by atoms with van der Waals surface area (Å²) in [5, 5.41) is 0. The molecule has 1 aliphatic heterocycles. The molecule has 3 heteroatoms. The molecule has 0 spiro atoms. The highest BCUT2D eigenvalue weighted by Crippen LogP contribution is 2.52. The highest BCUT2D eigenvalue weighted by molar-refractivity contribution is 5.87. The average molecular weight is 592 g/mol. The molecular formula is C43H33N3. The molecule has 2 heterocycles. The fourth-order valence-electron chi connectivity index (χ4n) is 6.67. The first-order valence-corrected chi connectivity index (χ1v) is 15.8. The van der Waals surface area contributed by atoms with E-state index in [2.05, 4.69) is 170 Å². The molecule has 1 aromatic heterocycles. The molecule has 0 saturated carbocycles. The van der Waals surface area contributed by atoms with Gasteiger partial charge in [0.1, 0.15) is 0 Å². The van der Waals surface area contributed by atoms with Gasteiger partial charge in [0.25, 0.3) is 0 Å². The summed E-state index contributed by atoms with van der Waals surface area (Å²) in [7, 11) is 0. The van der Waals surface area contributed by atoms with E-state index in [-0.39, 0.29) is 5.41 Å². The monoisotopic (exact) mass is 591 g/mol. The van der Waals surface area contributed by atoms with E-state index in [1.54, 1.807) is 0 Å².